The molecule has 2 unspecified atom stereocenters. The number of aliphatic carboxylic acids is 2. The predicted octanol–water partition coefficient (Wildman–Crippen LogP) is 1.11. The summed E-state index contributed by atoms with van der Waals surface area (Å²) >= 11 is 0.844. The summed E-state index contributed by atoms with van der Waals surface area (Å²) in [5, 5.41) is 18.2. The summed E-state index contributed by atoms with van der Waals surface area (Å²) in [6, 6.07) is 6.57. The van der Waals surface area contributed by atoms with Crippen LogP contribution in [-0.4, -0.2) is 57.2 Å². The summed E-state index contributed by atoms with van der Waals surface area (Å²) in [5.41, 5.74) is 5.84. The Kier molecular flexibility index (Phi) is 10.1. The molecule has 0 aliphatic heterocycles. The van der Waals surface area contributed by atoms with Crippen LogP contribution in [0.5, 0.6) is 0 Å². The van der Waals surface area contributed by atoms with Gasteiger partial charge in [0.2, 0.25) is 11.0 Å². The average Bonchev–Trinajstić information content (AvgIpc) is 2.58. The number of alkyl halides is 3. The summed E-state index contributed by atoms with van der Waals surface area (Å²) < 4.78 is 31.7. The molecule has 5 N–H and O–H groups in total. The molecule has 0 spiro atoms. The van der Waals surface area contributed by atoms with Crippen molar-refractivity contribution in [2.75, 3.05) is 5.75 Å². The van der Waals surface area contributed by atoms with Gasteiger partial charge in [0.1, 0.15) is 6.04 Å². The van der Waals surface area contributed by atoms with Crippen molar-refractivity contribution >= 4 is 34.7 Å². The van der Waals surface area contributed by atoms with Gasteiger partial charge in [-0.15, -0.1) is 0 Å². The highest BCUT2D eigenvalue weighted by molar-refractivity contribution is 8.14. The van der Waals surface area contributed by atoms with Crippen molar-refractivity contribution < 1.29 is 42.6 Å². The van der Waals surface area contributed by atoms with E-state index >= 15 is 0 Å². The number of nitrogens with two attached hydrogens (primary N) is 1. The van der Waals surface area contributed by atoms with E-state index < -0.39 is 36.1 Å². The highest BCUT2D eigenvalue weighted by atomic mass is 32.2. The van der Waals surface area contributed by atoms with Crippen LogP contribution in [0.3, 0.4) is 0 Å². The second-order valence-corrected chi connectivity index (χ2v) is 5.95. The average molecular weight is 410 g/mol. The topological polar surface area (TPSA) is 147 Å². The van der Waals surface area contributed by atoms with E-state index in [1.165, 1.54) is 6.92 Å². The Bertz CT molecular complexity index is 667. The predicted molar refractivity (Wildman–Crippen MR) is 90.1 cm³/mol. The first-order valence-corrected chi connectivity index (χ1v) is 8.15. The molecule has 12 heteroatoms. The van der Waals surface area contributed by atoms with E-state index in [1.54, 1.807) is 30.3 Å². The van der Waals surface area contributed by atoms with Crippen molar-refractivity contribution in [3.8, 4) is 0 Å². The highest BCUT2D eigenvalue weighted by Crippen LogP contribution is 2.14. The van der Waals surface area contributed by atoms with Gasteiger partial charge in [-0.05, 0) is 6.92 Å². The summed E-state index contributed by atoms with van der Waals surface area (Å²) in [6.45, 7) is 1.45. The maximum atomic E-state index is 11.8. The van der Waals surface area contributed by atoms with Crippen LogP contribution in [0.2, 0.25) is 0 Å². The summed E-state index contributed by atoms with van der Waals surface area (Å²) in [5.74, 6) is -4.58. The van der Waals surface area contributed by atoms with Gasteiger partial charge in [0.05, 0.1) is 6.04 Å². The van der Waals surface area contributed by atoms with E-state index in [4.69, 9.17) is 20.7 Å². The Morgan fingerprint density at radius 3 is 2.00 bits per heavy atom. The normalized spacial score (nSPS) is 12.8. The highest BCUT2D eigenvalue weighted by Gasteiger charge is 2.38. The maximum absolute atomic E-state index is 11.8. The molecule has 0 saturated heterocycles. The monoisotopic (exact) mass is 410 g/mol. The zero-order valence-electron chi connectivity index (χ0n) is 13.9. The lowest BCUT2D eigenvalue weighted by Gasteiger charge is -2.15. The molecule has 8 nitrogen and oxygen atoms in total. The van der Waals surface area contributed by atoms with E-state index in [0.29, 0.717) is 5.56 Å². The third-order valence-corrected chi connectivity index (χ3v) is 3.66. The molecule has 0 fully saturated rings. The van der Waals surface area contributed by atoms with Crippen LogP contribution in [0.25, 0.3) is 0 Å². The summed E-state index contributed by atoms with van der Waals surface area (Å²) in [7, 11) is 0. The van der Waals surface area contributed by atoms with Gasteiger partial charge in [-0.3, -0.25) is 9.59 Å². The zero-order valence-corrected chi connectivity index (χ0v) is 14.7. The molecule has 0 bridgehead atoms. The van der Waals surface area contributed by atoms with Gasteiger partial charge in [0.25, 0.3) is 0 Å². The number of carboxylic acids is 2. The molecule has 150 valence electrons. The lowest BCUT2D eigenvalue weighted by Crippen LogP contribution is -2.48. The standard InChI is InChI=1S/C13H16N2O4S.C2HF3O2/c1-8(14)11(16)15-10(12(17)18)7-20-13(19)9-5-3-2-4-6-9;3-2(4,5)1(6)7/h2-6,8,10H,7,14H2,1H3,(H,15,16)(H,17,18);(H,6,7). The first-order chi connectivity index (χ1) is 12.4. The zero-order chi connectivity index (χ0) is 21.2. The van der Waals surface area contributed by atoms with Crippen molar-refractivity contribution in [2.24, 2.45) is 5.73 Å². The lowest BCUT2D eigenvalue weighted by molar-refractivity contribution is -0.192. The molecular weight excluding hydrogens is 393 g/mol. The van der Waals surface area contributed by atoms with Crippen molar-refractivity contribution in [2.45, 2.75) is 25.2 Å². The SMILES string of the molecule is CC(N)C(=O)NC(CSC(=O)c1ccccc1)C(=O)O.O=C(O)C(F)(F)F. The minimum atomic E-state index is -5.08. The van der Waals surface area contributed by atoms with Gasteiger partial charge in [0.15, 0.2) is 0 Å². The van der Waals surface area contributed by atoms with Gasteiger partial charge >= 0.3 is 18.1 Å². The third-order valence-electron chi connectivity index (χ3n) is 2.66. The number of benzene rings is 1. The van der Waals surface area contributed by atoms with Crippen molar-refractivity contribution in [1.82, 2.24) is 5.32 Å². The first kappa shape index (κ1) is 24.4. The number of thioether (sulfide) groups is 1. The number of amides is 1. The fraction of sp³-hybridized carbons (Fsp3) is 0.333. The molecule has 0 aromatic heterocycles. The smallest absolute Gasteiger partial charge is 0.480 e. The van der Waals surface area contributed by atoms with E-state index in [1.807, 2.05) is 0 Å². The van der Waals surface area contributed by atoms with E-state index in [2.05, 4.69) is 5.32 Å². The third kappa shape index (κ3) is 10.2. The van der Waals surface area contributed by atoms with Crippen molar-refractivity contribution in [1.29, 1.82) is 0 Å². The Morgan fingerprint density at radius 1 is 1.15 bits per heavy atom. The first-order valence-electron chi connectivity index (χ1n) is 7.17. The molecule has 0 heterocycles. The molecule has 27 heavy (non-hydrogen) atoms. The Hall–Kier alpha value is -2.60. The molecule has 0 saturated carbocycles. The number of rotatable bonds is 6. The Balaban J connectivity index is 0.000000821. The number of carboxylic acid groups (broad SMARTS) is 2. The minimum Gasteiger partial charge on any atom is -0.480 e. The number of halogens is 3. The number of nitrogens with one attached hydrogen (secondary N) is 1. The van der Waals surface area contributed by atoms with E-state index in [-0.39, 0.29) is 10.9 Å². The minimum absolute atomic E-state index is 0.0540. The van der Waals surface area contributed by atoms with Crippen LogP contribution >= 0.6 is 11.8 Å². The van der Waals surface area contributed by atoms with Gasteiger partial charge in [-0.25, -0.2) is 9.59 Å². The molecule has 0 aliphatic rings. The second-order valence-electron chi connectivity index (χ2n) is 4.96. The molecule has 1 amide bonds. The van der Waals surface area contributed by atoms with Crippen LogP contribution in [0.15, 0.2) is 30.3 Å². The number of hydrogen-bond donors (Lipinski definition) is 4. The summed E-state index contributed by atoms with van der Waals surface area (Å²) in [4.78, 5) is 43.1. The molecule has 0 aliphatic carbocycles. The fourth-order valence-corrected chi connectivity index (χ4v) is 2.14. The molecule has 1 aromatic rings. The van der Waals surface area contributed by atoms with Gasteiger partial charge in [-0.2, -0.15) is 13.2 Å². The van der Waals surface area contributed by atoms with Crippen LogP contribution in [0.1, 0.15) is 17.3 Å². The van der Waals surface area contributed by atoms with Crippen molar-refractivity contribution in [3.05, 3.63) is 35.9 Å². The van der Waals surface area contributed by atoms with Crippen LogP contribution in [0.4, 0.5) is 13.2 Å². The van der Waals surface area contributed by atoms with Gasteiger partial charge < -0.3 is 21.3 Å². The number of hydrogen-bond acceptors (Lipinski definition) is 6. The van der Waals surface area contributed by atoms with Crippen molar-refractivity contribution in [3.63, 3.8) is 0 Å². The maximum Gasteiger partial charge on any atom is 0.490 e. The molecule has 2 atom stereocenters. The Morgan fingerprint density at radius 2 is 1.63 bits per heavy atom. The van der Waals surface area contributed by atoms with Gasteiger partial charge in [0, 0.05) is 11.3 Å². The van der Waals surface area contributed by atoms with Crippen LogP contribution < -0.4 is 11.1 Å². The molecular formula is C15H17F3N2O6S. The Labute approximate surface area is 155 Å². The molecule has 0 radical (unpaired) electrons. The summed E-state index contributed by atoms with van der Waals surface area (Å²) in [6.07, 6.45) is -5.08. The van der Waals surface area contributed by atoms with Gasteiger partial charge in [-0.1, -0.05) is 42.1 Å². The van der Waals surface area contributed by atoms with E-state index in [0.717, 1.165) is 11.8 Å². The van der Waals surface area contributed by atoms with E-state index in [9.17, 15) is 27.6 Å². The largest absolute Gasteiger partial charge is 0.490 e. The lowest BCUT2D eigenvalue weighted by atomic mass is 10.2. The molecule has 1 aromatic carbocycles. The van der Waals surface area contributed by atoms with Crippen LogP contribution in [-0.2, 0) is 14.4 Å². The quantitative estimate of drug-likeness (QED) is 0.545. The molecule has 1 rings (SSSR count). The fourth-order valence-electron chi connectivity index (χ4n) is 1.29. The van der Waals surface area contributed by atoms with Crippen LogP contribution in [0, 0.1) is 0 Å². The number of carbonyl (C=O) groups excluding carboxylic acids is 2. The second kappa shape index (κ2) is 11.2. The number of carbonyl (C=O) groups is 4.